The van der Waals surface area contributed by atoms with Gasteiger partial charge in [0.2, 0.25) is 11.8 Å². The van der Waals surface area contributed by atoms with Crippen molar-refractivity contribution in [3.63, 3.8) is 0 Å². The topological polar surface area (TPSA) is 95.7 Å². The second kappa shape index (κ2) is 5.46. The van der Waals surface area contributed by atoms with Crippen molar-refractivity contribution < 1.29 is 14.7 Å². The molecule has 2 bridgehead atoms. The molecule has 0 spiro atoms. The van der Waals surface area contributed by atoms with Crippen molar-refractivity contribution in [2.75, 3.05) is 13.1 Å². The van der Waals surface area contributed by atoms with Crippen molar-refractivity contribution in [2.24, 2.45) is 5.73 Å². The van der Waals surface area contributed by atoms with Gasteiger partial charge in [0.05, 0.1) is 6.10 Å². The van der Waals surface area contributed by atoms with Crippen molar-refractivity contribution in [2.45, 2.75) is 56.7 Å². The fraction of sp³-hybridized carbons (Fsp3) is 0.846. The summed E-state index contributed by atoms with van der Waals surface area (Å²) in [5.41, 5.74) is 5.03. The van der Waals surface area contributed by atoms with E-state index in [0.717, 1.165) is 32.1 Å². The standard InChI is InChI=1S/C13H23N3O3/c1-9(17)15-7-11(18)8-16-10-3-2-5-13(16,6-4-10)12(14)19/h10-11,18H,2-8H2,1H3,(H2,14,19)(H,15,17)/t10-,11?,13+/m1/s1. The number of nitrogens with one attached hydrogen (secondary N) is 1. The molecule has 2 heterocycles. The summed E-state index contributed by atoms with van der Waals surface area (Å²) in [7, 11) is 0. The summed E-state index contributed by atoms with van der Waals surface area (Å²) in [4.78, 5) is 24.7. The van der Waals surface area contributed by atoms with Gasteiger partial charge in [-0.1, -0.05) is 0 Å². The highest BCUT2D eigenvalue weighted by Crippen LogP contribution is 2.43. The Morgan fingerprint density at radius 3 is 2.84 bits per heavy atom. The third kappa shape index (κ3) is 2.74. The van der Waals surface area contributed by atoms with Gasteiger partial charge in [0, 0.05) is 26.1 Å². The van der Waals surface area contributed by atoms with Crippen LogP contribution in [0.5, 0.6) is 0 Å². The molecule has 2 aliphatic rings. The van der Waals surface area contributed by atoms with Gasteiger partial charge in [-0.05, 0) is 32.1 Å². The first-order chi connectivity index (χ1) is 8.95. The van der Waals surface area contributed by atoms with Crippen LogP contribution < -0.4 is 11.1 Å². The van der Waals surface area contributed by atoms with Crippen molar-refractivity contribution in [3.8, 4) is 0 Å². The Hall–Kier alpha value is -1.14. The van der Waals surface area contributed by atoms with Crippen LogP contribution in [-0.4, -0.2) is 52.6 Å². The van der Waals surface area contributed by atoms with Gasteiger partial charge in [-0.15, -0.1) is 0 Å². The lowest BCUT2D eigenvalue weighted by Crippen LogP contribution is -2.60. The van der Waals surface area contributed by atoms with Crippen LogP contribution in [0.15, 0.2) is 0 Å². The molecule has 2 aliphatic heterocycles. The number of aliphatic hydroxyl groups excluding tert-OH is 1. The number of carbonyl (C=O) groups is 2. The van der Waals surface area contributed by atoms with E-state index in [1.165, 1.54) is 6.92 Å². The monoisotopic (exact) mass is 269 g/mol. The highest BCUT2D eigenvalue weighted by molar-refractivity contribution is 5.85. The second-order valence-corrected chi connectivity index (χ2v) is 5.72. The van der Waals surface area contributed by atoms with Crippen LogP contribution >= 0.6 is 0 Å². The molecule has 2 amide bonds. The van der Waals surface area contributed by atoms with Crippen molar-refractivity contribution in [3.05, 3.63) is 0 Å². The fourth-order valence-electron chi connectivity index (χ4n) is 3.52. The van der Waals surface area contributed by atoms with E-state index in [-0.39, 0.29) is 18.4 Å². The van der Waals surface area contributed by atoms with Crippen LogP contribution in [0, 0.1) is 0 Å². The molecular formula is C13H23N3O3. The molecule has 0 aromatic heterocycles. The zero-order valence-electron chi connectivity index (χ0n) is 11.4. The largest absolute Gasteiger partial charge is 0.390 e. The van der Waals surface area contributed by atoms with Gasteiger partial charge in [0.15, 0.2) is 0 Å². The zero-order chi connectivity index (χ0) is 14.0. The maximum absolute atomic E-state index is 11.8. The number of aliphatic hydroxyl groups is 1. The Morgan fingerprint density at radius 1 is 1.47 bits per heavy atom. The van der Waals surface area contributed by atoms with Gasteiger partial charge in [-0.2, -0.15) is 0 Å². The first-order valence-electron chi connectivity index (χ1n) is 6.95. The summed E-state index contributed by atoms with van der Waals surface area (Å²) >= 11 is 0. The second-order valence-electron chi connectivity index (χ2n) is 5.72. The molecule has 4 N–H and O–H groups in total. The Labute approximate surface area is 113 Å². The number of fused-ring (bicyclic) bond motifs is 2. The molecule has 108 valence electrons. The maximum Gasteiger partial charge on any atom is 0.237 e. The first-order valence-corrected chi connectivity index (χ1v) is 6.95. The molecule has 0 radical (unpaired) electrons. The van der Waals surface area contributed by atoms with E-state index in [1.807, 2.05) is 0 Å². The van der Waals surface area contributed by atoms with E-state index in [1.54, 1.807) is 0 Å². The Kier molecular flexibility index (Phi) is 4.10. The normalized spacial score (nSPS) is 32.0. The molecule has 0 aromatic carbocycles. The highest BCUT2D eigenvalue weighted by Gasteiger charge is 2.52. The van der Waals surface area contributed by atoms with Gasteiger partial charge < -0.3 is 16.2 Å². The molecule has 2 rings (SSSR count). The summed E-state index contributed by atoms with van der Waals surface area (Å²) in [5, 5.41) is 12.6. The molecule has 1 unspecified atom stereocenters. The maximum atomic E-state index is 11.8. The minimum Gasteiger partial charge on any atom is -0.390 e. The van der Waals surface area contributed by atoms with E-state index in [0.29, 0.717) is 12.6 Å². The number of primary amides is 1. The van der Waals surface area contributed by atoms with Crippen molar-refractivity contribution in [1.82, 2.24) is 10.2 Å². The quantitative estimate of drug-likeness (QED) is 0.618. The number of hydrogen-bond donors (Lipinski definition) is 3. The molecule has 0 saturated carbocycles. The van der Waals surface area contributed by atoms with Crippen LogP contribution in [0.3, 0.4) is 0 Å². The average Bonchev–Trinajstić information content (AvgIpc) is 2.57. The van der Waals surface area contributed by atoms with E-state index in [4.69, 9.17) is 5.73 Å². The number of amides is 2. The van der Waals surface area contributed by atoms with E-state index in [2.05, 4.69) is 10.2 Å². The Balaban J connectivity index is 2.01. The predicted molar refractivity (Wildman–Crippen MR) is 70.2 cm³/mol. The van der Waals surface area contributed by atoms with E-state index >= 15 is 0 Å². The van der Waals surface area contributed by atoms with Gasteiger partial charge in [0.1, 0.15) is 5.54 Å². The van der Waals surface area contributed by atoms with Gasteiger partial charge >= 0.3 is 0 Å². The van der Waals surface area contributed by atoms with Crippen LogP contribution in [0.4, 0.5) is 0 Å². The number of nitrogens with two attached hydrogens (primary N) is 1. The van der Waals surface area contributed by atoms with Crippen molar-refractivity contribution in [1.29, 1.82) is 0 Å². The highest BCUT2D eigenvalue weighted by atomic mass is 16.3. The molecule has 2 saturated heterocycles. The summed E-state index contributed by atoms with van der Waals surface area (Å²) in [6.07, 6.45) is 3.95. The van der Waals surface area contributed by atoms with Crippen LogP contribution in [-0.2, 0) is 9.59 Å². The minimum atomic E-state index is -0.665. The van der Waals surface area contributed by atoms with Crippen molar-refractivity contribution >= 4 is 11.8 Å². The van der Waals surface area contributed by atoms with E-state index < -0.39 is 11.6 Å². The zero-order valence-corrected chi connectivity index (χ0v) is 11.4. The molecule has 19 heavy (non-hydrogen) atoms. The Bertz CT molecular complexity index is 370. The summed E-state index contributed by atoms with van der Waals surface area (Å²) in [6, 6.07) is 0.341. The first kappa shape index (κ1) is 14.3. The van der Waals surface area contributed by atoms with Gasteiger partial charge in [0.25, 0.3) is 0 Å². The molecule has 0 aliphatic carbocycles. The number of rotatable bonds is 5. The number of hydrogen-bond acceptors (Lipinski definition) is 4. The number of carbonyl (C=O) groups excluding carboxylic acids is 2. The third-order valence-corrected chi connectivity index (χ3v) is 4.46. The summed E-state index contributed by atoms with van der Waals surface area (Å²) in [5.74, 6) is -0.438. The predicted octanol–water partition coefficient (Wildman–Crippen LogP) is -0.644. The number of piperidine rings is 1. The fourth-order valence-corrected chi connectivity index (χ4v) is 3.52. The lowest BCUT2D eigenvalue weighted by Gasteiger charge is -2.43. The summed E-state index contributed by atoms with van der Waals surface area (Å²) < 4.78 is 0. The lowest BCUT2D eigenvalue weighted by molar-refractivity contribution is -0.133. The summed E-state index contributed by atoms with van der Waals surface area (Å²) in [6.45, 7) is 2.03. The molecule has 2 fully saturated rings. The van der Waals surface area contributed by atoms with E-state index in [9.17, 15) is 14.7 Å². The lowest BCUT2D eigenvalue weighted by atomic mass is 9.87. The Morgan fingerprint density at radius 2 is 2.21 bits per heavy atom. The van der Waals surface area contributed by atoms with Crippen LogP contribution in [0.1, 0.15) is 39.0 Å². The van der Waals surface area contributed by atoms with Crippen LogP contribution in [0.25, 0.3) is 0 Å². The molecule has 6 nitrogen and oxygen atoms in total. The smallest absolute Gasteiger partial charge is 0.237 e. The molecular weight excluding hydrogens is 246 g/mol. The number of nitrogens with zero attached hydrogens (tertiary/aromatic N) is 1. The molecule has 0 aromatic rings. The molecule has 3 atom stereocenters. The number of β-amino-alcohol motifs (C(OH)–C–C–N with tert-alkyl or cyclic N) is 1. The minimum absolute atomic E-state index is 0.162. The SMILES string of the molecule is CC(=O)NCC(O)CN1[C@@H]2CCC[C@@]1(C(N)=O)CC2. The van der Waals surface area contributed by atoms with Gasteiger partial charge in [-0.3, -0.25) is 14.5 Å². The molecule has 6 heteroatoms. The van der Waals surface area contributed by atoms with Gasteiger partial charge in [-0.25, -0.2) is 0 Å². The third-order valence-electron chi connectivity index (χ3n) is 4.46. The van der Waals surface area contributed by atoms with Crippen LogP contribution in [0.2, 0.25) is 0 Å². The average molecular weight is 269 g/mol.